The van der Waals surface area contributed by atoms with E-state index in [1.165, 1.54) is 24.9 Å². The predicted molar refractivity (Wildman–Crippen MR) is 119 cm³/mol. The second kappa shape index (κ2) is 10.3. The number of benzene rings is 2. The van der Waals surface area contributed by atoms with Crippen molar-refractivity contribution in [2.75, 3.05) is 24.2 Å². The first-order valence-corrected chi connectivity index (χ1v) is 11.7. The van der Waals surface area contributed by atoms with Crippen molar-refractivity contribution < 1.29 is 22.4 Å². The van der Waals surface area contributed by atoms with E-state index in [0.717, 1.165) is 22.7 Å². The molecule has 0 saturated heterocycles. The standard InChI is InChI=1S/C20H22Cl2FN3O4S/c1-13(20(28)24-2)25(11-14-4-6-15(21)7-5-14)19(27)12-26(31(3,29)30)16-8-9-18(23)17(22)10-16/h4-10,13H,11-12H2,1-3H3,(H,24,28)/t13-/m1/s1. The summed E-state index contributed by atoms with van der Waals surface area (Å²) in [4.78, 5) is 26.6. The lowest BCUT2D eigenvalue weighted by atomic mass is 10.1. The minimum atomic E-state index is -3.92. The van der Waals surface area contributed by atoms with Crippen LogP contribution in [0.2, 0.25) is 10.0 Å². The van der Waals surface area contributed by atoms with Crippen LogP contribution >= 0.6 is 23.2 Å². The number of carbonyl (C=O) groups is 2. The van der Waals surface area contributed by atoms with E-state index >= 15 is 0 Å². The normalized spacial score (nSPS) is 12.2. The van der Waals surface area contributed by atoms with Crippen LogP contribution in [0.4, 0.5) is 10.1 Å². The molecule has 2 amide bonds. The number of likely N-dealkylation sites (N-methyl/N-ethyl adjacent to an activating group) is 1. The van der Waals surface area contributed by atoms with Crippen LogP contribution in [0, 0.1) is 5.82 Å². The van der Waals surface area contributed by atoms with Crippen molar-refractivity contribution in [1.82, 2.24) is 10.2 Å². The zero-order valence-electron chi connectivity index (χ0n) is 17.1. The zero-order chi connectivity index (χ0) is 23.3. The predicted octanol–water partition coefficient (Wildman–Crippen LogP) is 3.06. The summed E-state index contributed by atoms with van der Waals surface area (Å²) in [6, 6.07) is 9.16. The summed E-state index contributed by atoms with van der Waals surface area (Å²) >= 11 is 11.7. The Balaban J connectivity index is 2.39. The number of sulfonamides is 1. The van der Waals surface area contributed by atoms with E-state index in [4.69, 9.17) is 23.2 Å². The molecule has 0 aliphatic carbocycles. The van der Waals surface area contributed by atoms with E-state index in [1.54, 1.807) is 24.3 Å². The summed E-state index contributed by atoms with van der Waals surface area (Å²) in [6.07, 6.45) is 0.920. The molecule has 11 heteroatoms. The highest BCUT2D eigenvalue weighted by Crippen LogP contribution is 2.25. The molecule has 168 valence electrons. The largest absolute Gasteiger partial charge is 0.357 e. The monoisotopic (exact) mass is 489 g/mol. The van der Waals surface area contributed by atoms with Gasteiger partial charge in [0, 0.05) is 18.6 Å². The first-order chi connectivity index (χ1) is 14.4. The Morgan fingerprint density at radius 1 is 1.13 bits per heavy atom. The fraction of sp³-hybridized carbons (Fsp3) is 0.300. The Labute approximate surface area is 190 Å². The van der Waals surface area contributed by atoms with Gasteiger partial charge in [0.25, 0.3) is 0 Å². The molecule has 0 saturated carbocycles. The van der Waals surface area contributed by atoms with Gasteiger partial charge in [0.05, 0.1) is 17.0 Å². The van der Waals surface area contributed by atoms with Crippen LogP contribution < -0.4 is 9.62 Å². The Kier molecular flexibility index (Phi) is 8.27. The van der Waals surface area contributed by atoms with E-state index in [9.17, 15) is 22.4 Å². The van der Waals surface area contributed by atoms with Gasteiger partial charge >= 0.3 is 0 Å². The SMILES string of the molecule is CNC(=O)[C@@H](C)N(Cc1ccc(Cl)cc1)C(=O)CN(c1ccc(F)c(Cl)c1)S(C)(=O)=O. The number of amides is 2. The molecular weight excluding hydrogens is 468 g/mol. The van der Waals surface area contributed by atoms with Gasteiger partial charge in [0.15, 0.2) is 0 Å². The third-order valence-corrected chi connectivity index (χ3v) is 6.23. The molecule has 2 aromatic rings. The molecule has 0 aromatic heterocycles. The molecule has 0 aliphatic heterocycles. The van der Waals surface area contributed by atoms with E-state index in [-0.39, 0.29) is 17.3 Å². The Morgan fingerprint density at radius 3 is 2.26 bits per heavy atom. The van der Waals surface area contributed by atoms with E-state index in [1.807, 2.05) is 0 Å². The van der Waals surface area contributed by atoms with Gasteiger partial charge < -0.3 is 10.2 Å². The van der Waals surface area contributed by atoms with Crippen LogP contribution in [-0.4, -0.2) is 51.0 Å². The first kappa shape index (κ1) is 24.9. The third-order valence-electron chi connectivity index (χ3n) is 4.55. The third kappa shape index (κ3) is 6.56. The summed E-state index contributed by atoms with van der Waals surface area (Å²) in [5.74, 6) is -1.77. The summed E-state index contributed by atoms with van der Waals surface area (Å²) in [5, 5.41) is 2.71. The minimum Gasteiger partial charge on any atom is -0.357 e. The average Bonchev–Trinajstić information content (AvgIpc) is 2.71. The number of hydrogen-bond donors (Lipinski definition) is 1. The highest BCUT2D eigenvalue weighted by molar-refractivity contribution is 7.92. The first-order valence-electron chi connectivity index (χ1n) is 9.12. The molecule has 1 atom stereocenters. The van der Waals surface area contributed by atoms with Gasteiger partial charge in [-0.2, -0.15) is 0 Å². The topological polar surface area (TPSA) is 86.8 Å². The fourth-order valence-corrected chi connectivity index (χ4v) is 3.97. The molecule has 0 fully saturated rings. The van der Waals surface area contributed by atoms with Crippen molar-refractivity contribution in [2.45, 2.75) is 19.5 Å². The van der Waals surface area contributed by atoms with Crippen LogP contribution in [0.1, 0.15) is 12.5 Å². The van der Waals surface area contributed by atoms with Crippen molar-refractivity contribution in [3.05, 3.63) is 63.9 Å². The number of anilines is 1. The maximum atomic E-state index is 13.5. The van der Waals surface area contributed by atoms with Gasteiger partial charge in [-0.25, -0.2) is 12.8 Å². The molecule has 1 N–H and O–H groups in total. The van der Waals surface area contributed by atoms with Crippen LogP contribution in [0.15, 0.2) is 42.5 Å². The fourth-order valence-electron chi connectivity index (χ4n) is 2.83. The number of nitrogens with one attached hydrogen (secondary N) is 1. The van der Waals surface area contributed by atoms with Crippen molar-refractivity contribution in [3.8, 4) is 0 Å². The Morgan fingerprint density at radius 2 is 1.74 bits per heavy atom. The molecule has 0 bridgehead atoms. The number of carbonyl (C=O) groups excluding carboxylic acids is 2. The molecular formula is C20H22Cl2FN3O4S. The lowest BCUT2D eigenvalue weighted by molar-refractivity contribution is -0.139. The van der Waals surface area contributed by atoms with Gasteiger partial charge in [-0.15, -0.1) is 0 Å². The summed E-state index contributed by atoms with van der Waals surface area (Å²) in [6.45, 7) is 0.980. The molecule has 0 unspecified atom stereocenters. The minimum absolute atomic E-state index is 0.0290. The second-order valence-electron chi connectivity index (χ2n) is 6.81. The lowest BCUT2D eigenvalue weighted by Crippen LogP contribution is -2.50. The number of rotatable bonds is 8. The van der Waals surface area contributed by atoms with Crippen LogP contribution in [0.3, 0.4) is 0 Å². The summed E-state index contributed by atoms with van der Waals surface area (Å²) in [7, 11) is -2.48. The van der Waals surface area contributed by atoms with Crippen LogP contribution in [0.5, 0.6) is 0 Å². The Bertz CT molecular complexity index is 1060. The highest BCUT2D eigenvalue weighted by Gasteiger charge is 2.29. The van der Waals surface area contributed by atoms with Crippen molar-refractivity contribution in [2.24, 2.45) is 0 Å². The molecule has 0 aliphatic rings. The van der Waals surface area contributed by atoms with Crippen LogP contribution in [0.25, 0.3) is 0 Å². The molecule has 2 rings (SSSR count). The van der Waals surface area contributed by atoms with E-state index in [0.29, 0.717) is 10.6 Å². The quantitative estimate of drug-likeness (QED) is 0.617. The molecule has 31 heavy (non-hydrogen) atoms. The number of halogens is 3. The smallest absolute Gasteiger partial charge is 0.244 e. The lowest BCUT2D eigenvalue weighted by Gasteiger charge is -2.31. The number of nitrogens with zero attached hydrogens (tertiary/aromatic N) is 2. The zero-order valence-corrected chi connectivity index (χ0v) is 19.4. The van der Waals surface area contributed by atoms with Gasteiger partial charge in [-0.1, -0.05) is 35.3 Å². The van der Waals surface area contributed by atoms with Crippen molar-refractivity contribution >= 4 is 50.7 Å². The maximum absolute atomic E-state index is 13.5. The van der Waals surface area contributed by atoms with E-state index in [2.05, 4.69) is 5.32 Å². The van der Waals surface area contributed by atoms with Gasteiger partial charge in [0.1, 0.15) is 18.4 Å². The highest BCUT2D eigenvalue weighted by atomic mass is 35.5. The average molecular weight is 490 g/mol. The number of hydrogen-bond acceptors (Lipinski definition) is 4. The van der Waals surface area contributed by atoms with Crippen LogP contribution in [-0.2, 0) is 26.2 Å². The maximum Gasteiger partial charge on any atom is 0.244 e. The van der Waals surface area contributed by atoms with Crippen molar-refractivity contribution in [3.63, 3.8) is 0 Å². The molecule has 0 heterocycles. The van der Waals surface area contributed by atoms with Gasteiger partial charge in [-0.05, 0) is 42.8 Å². The van der Waals surface area contributed by atoms with Gasteiger partial charge in [0.2, 0.25) is 21.8 Å². The molecule has 0 radical (unpaired) electrons. The molecule has 7 nitrogen and oxygen atoms in total. The van der Waals surface area contributed by atoms with E-state index < -0.39 is 40.2 Å². The van der Waals surface area contributed by atoms with Crippen molar-refractivity contribution in [1.29, 1.82) is 0 Å². The second-order valence-corrected chi connectivity index (χ2v) is 9.56. The van der Waals surface area contributed by atoms with Gasteiger partial charge in [-0.3, -0.25) is 13.9 Å². The molecule has 2 aromatic carbocycles. The Hall–Kier alpha value is -2.36. The summed E-state index contributed by atoms with van der Waals surface area (Å²) < 4.78 is 39.1. The summed E-state index contributed by atoms with van der Waals surface area (Å²) in [5.41, 5.74) is 0.727. The molecule has 0 spiro atoms.